The topological polar surface area (TPSA) is 56.8 Å². The highest BCUT2D eigenvalue weighted by Gasteiger charge is 2.36. The molecule has 1 aromatic carbocycles. The molecule has 0 fully saturated rings. The summed E-state index contributed by atoms with van der Waals surface area (Å²) >= 11 is 0. The number of benzene rings is 1. The summed E-state index contributed by atoms with van der Waals surface area (Å²) in [5.41, 5.74) is 0.774. The number of methoxy groups -OCH3 is 1. The summed E-state index contributed by atoms with van der Waals surface area (Å²) in [5.74, 6) is 0.468. The Morgan fingerprint density at radius 2 is 1.89 bits per heavy atom. The second-order valence-electron chi connectivity index (χ2n) is 4.61. The van der Waals surface area contributed by atoms with Crippen LogP contribution >= 0.6 is 0 Å². The van der Waals surface area contributed by atoms with E-state index < -0.39 is 5.41 Å². The Balaban J connectivity index is 2.64. The Kier molecular flexibility index (Phi) is 3.40. The summed E-state index contributed by atoms with van der Waals surface area (Å²) in [5, 5.41) is 18.6. The second-order valence-corrected chi connectivity index (χ2v) is 4.61. The van der Waals surface area contributed by atoms with E-state index in [4.69, 9.17) is 4.74 Å². The van der Waals surface area contributed by atoms with E-state index in [9.17, 15) is 10.5 Å². The lowest BCUT2D eigenvalue weighted by Crippen LogP contribution is -2.21. The fourth-order valence-corrected chi connectivity index (χ4v) is 2.29. The first kappa shape index (κ1) is 12.9. The van der Waals surface area contributed by atoms with Gasteiger partial charge in [0.1, 0.15) is 5.76 Å². The maximum absolute atomic E-state index is 9.32. The minimum absolute atomic E-state index is 0.275. The van der Waals surface area contributed by atoms with Crippen molar-refractivity contribution >= 4 is 5.76 Å². The Hall–Kier alpha value is -2.52. The van der Waals surface area contributed by atoms with Crippen molar-refractivity contribution in [2.75, 3.05) is 7.11 Å². The van der Waals surface area contributed by atoms with Crippen LogP contribution in [0.15, 0.2) is 42.5 Å². The number of ether oxygens (including phenoxy) is 1. The third kappa shape index (κ3) is 2.11. The van der Waals surface area contributed by atoms with E-state index in [1.165, 1.54) is 0 Å². The lowest BCUT2D eigenvalue weighted by Gasteiger charge is -2.24. The van der Waals surface area contributed by atoms with Crippen LogP contribution in [0.3, 0.4) is 0 Å². The fraction of sp³-hybridized carbons (Fsp3) is 0.250. The molecule has 1 aliphatic rings. The number of nitrogens with zero attached hydrogens (tertiary/aromatic N) is 2. The molecule has 0 aliphatic heterocycles. The lowest BCUT2D eigenvalue weighted by molar-refractivity contribution is 0.369. The minimum atomic E-state index is -1.09. The lowest BCUT2D eigenvalue weighted by atomic mass is 9.74. The summed E-state index contributed by atoms with van der Waals surface area (Å²) < 4.78 is 5.37. The zero-order valence-corrected chi connectivity index (χ0v) is 10.9. The average Bonchev–Trinajstić information content (AvgIpc) is 2.66. The van der Waals surface area contributed by atoms with Crippen molar-refractivity contribution in [2.24, 2.45) is 5.41 Å². The van der Waals surface area contributed by atoms with Crippen LogP contribution in [0.5, 0.6) is 0 Å². The number of hydrogen-bond donors (Lipinski definition) is 0. The largest absolute Gasteiger partial charge is 0.496 e. The van der Waals surface area contributed by atoms with Crippen LogP contribution in [-0.2, 0) is 4.74 Å². The third-order valence-corrected chi connectivity index (χ3v) is 3.42. The van der Waals surface area contributed by atoms with Gasteiger partial charge in [-0.05, 0) is 18.6 Å². The Labute approximate surface area is 113 Å². The van der Waals surface area contributed by atoms with Crippen molar-refractivity contribution in [3.8, 4) is 12.1 Å². The summed E-state index contributed by atoms with van der Waals surface area (Å²) in [6, 6.07) is 12.0. The number of rotatable bonds is 2. The zero-order chi connectivity index (χ0) is 13.9. The SMILES string of the molecule is COC1=CC=CC(C(C)(C#N)C#N)c2ccccc21. The average molecular weight is 250 g/mol. The predicted molar refractivity (Wildman–Crippen MR) is 72.6 cm³/mol. The van der Waals surface area contributed by atoms with Gasteiger partial charge < -0.3 is 4.74 Å². The van der Waals surface area contributed by atoms with E-state index in [-0.39, 0.29) is 5.92 Å². The van der Waals surface area contributed by atoms with Crippen LogP contribution in [0.4, 0.5) is 0 Å². The smallest absolute Gasteiger partial charge is 0.151 e. The molecule has 2 rings (SSSR count). The molecule has 0 aromatic heterocycles. The molecule has 3 nitrogen and oxygen atoms in total. The highest BCUT2D eigenvalue weighted by molar-refractivity contribution is 5.67. The van der Waals surface area contributed by atoms with Crippen LogP contribution in [0.1, 0.15) is 24.0 Å². The molecule has 0 radical (unpaired) electrons. The van der Waals surface area contributed by atoms with Crippen molar-refractivity contribution in [3.63, 3.8) is 0 Å². The van der Waals surface area contributed by atoms with Gasteiger partial charge in [-0.25, -0.2) is 0 Å². The molecule has 0 spiro atoms. The minimum Gasteiger partial charge on any atom is -0.496 e. The van der Waals surface area contributed by atoms with E-state index in [1.54, 1.807) is 14.0 Å². The molecule has 0 heterocycles. The number of allylic oxidation sites excluding steroid dienone is 3. The predicted octanol–water partition coefficient (Wildman–Crippen LogP) is 3.38. The molecule has 1 atom stereocenters. The molecule has 0 bridgehead atoms. The van der Waals surface area contributed by atoms with E-state index >= 15 is 0 Å². The Morgan fingerprint density at radius 3 is 2.53 bits per heavy atom. The first-order valence-corrected chi connectivity index (χ1v) is 6.00. The highest BCUT2D eigenvalue weighted by atomic mass is 16.5. The maximum atomic E-state index is 9.32. The standard InChI is InChI=1S/C16H14N2O/c1-16(10-17,11-18)14-8-5-9-15(19-2)13-7-4-3-6-12(13)14/h3-9,14H,1-2H3. The van der Waals surface area contributed by atoms with Gasteiger partial charge in [0, 0.05) is 11.5 Å². The van der Waals surface area contributed by atoms with Gasteiger partial charge in [-0.2, -0.15) is 10.5 Å². The molecular weight excluding hydrogens is 236 g/mol. The van der Waals surface area contributed by atoms with Gasteiger partial charge in [-0.1, -0.05) is 36.4 Å². The number of nitriles is 2. The molecule has 0 saturated heterocycles. The van der Waals surface area contributed by atoms with Crippen molar-refractivity contribution < 1.29 is 4.74 Å². The third-order valence-electron chi connectivity index (χ3n) is 3.42. The second kappa shape index (κ2) is 5.00. The molecule has 1 unspecified atom stereocenters. The molecular formula is C16H14N2O. The quantitative estimate of drug-likeness (QED) is 0.808. The monoisotopic (exact) mass is 250 g/mol. The molecule has 19 heavy (non-hydrogen) atoms. The van der Waals surface area contributed by atoms with Crippen LogP contribution in [0, 0.1) is 28.1 Å². The first-order valence-electron chi connectivity index (χ1n) is 6.00. The normalized spacial score (nSPS) is 17.5. The van der Waals surface area contributed by atoms with Gasteiger partial charge in [0.2, 0.25) is 0 Å². The molecule has 1 aliphatic carbocycles. The van der Waals surface area contributed by atoms with Gasteiger partial charge >= 0.3 is 0 Å². The number of hydrogen-bond acceptors (Lipinski definition) is 3. The van der Waals surface area contributed by atoms with E-state index in [0.29, 0.717) is 0 Å². The Bertz CT molecular complexity index is 615. The summed E-state index contributed by atoms with van der Waals surface area (Å²) in [7, 11) is 1.62. The van der Waals surface area contributed by atoms with Crippen LogP contribution in [-0.4, -0.2) is 7.11 Å². The van der Waals surface area contributed by atoms with E-state index in [0.717, 1.165) is 16.9 Å². The molecule has 1 aromatic rings. The summed E-state index contributed by atoms with van der Waals surface area (Å²) in [6.07, 6.45) is 5.59. The van der Waals surface area contributed by atoms with Gasteiger partial charge in [0.05, 0.1) is 19.2 Å². The number of fused-ring (bicyclic) bond motifs is 1. The van der Waals surface area contributed by atoms with Crippen molar-refractivity contribution in [1.82, 2.24) is 0 Å². The first-order chi connectivity index (χ1) is 9.16. The molecule has 94 valence electrons. The van der Waals surface area contributed by atoms with Crippen LogP contribution in [0.2, 0.25) is 0 Å². The molecule has 0 saturated carbocycles. The molecule has 0 amide bonds. The van der Waals surface area contributed by atoms with Gasteiger partial charge in [0.25, 0.3) is 0 Å². The summed E-state index contributed by atoms with van der Waals surface area (Å²) in [6.45, 7) is 1.66. The van der Waals surface area contributed by atoms with Gasteiger partial charge in [0.15, 0.2) is 5.41 Å². The van der Waals surface area contributed by atoms with Crippen molar-refractivity contribution in [3.05, 3.63) is 53.6 Å². The summed E-state index contributed by atoms with van der Waals surface area (Å²) in [4.78, 5) is 0. The van der Waals surface area contributed by atoms with E-state index in [1.807, 2.05) is 42.5 Å². The van der Waals surface area contributed by atoms with E-state index in [2.05, 4.69) is 12.1 Å². The van der Waals surface area contributed by atoms with Gasteiger partial charge in [-0.15, -0.1) is 0 Å². The zero-order valence-electron chi connectivity index (χ0n) is 10.9. The van der Waals surface area contributed by atoms with Crippen LogP contribution < -0.4 is 0 Å². The van der Waals surface area contributed by atoms with Gasteiger partial charge in [-0.3, -0.25) is 0 Å². The molecule has 3 heteroatoms. The Morgan fingerprint density at radius 1 is 1.21 bits per heavy atom. The van der Waals surface area contributed by atoms with Crippen molar-refractivity contribution in [1.29, 1.82) is 10.5 Å². The van der Waals surface area contributed by atoms with Crippen LogP contribution in [0.25, 0.3) is 5.76 Å². The highest BCUT2D eigenvalue weighted by Crippen LogP contribution is 2.40. The maximum Gasteiger partial charge on any atom is 0.151 e. The fourth-order valence-electron chi connectivity index (χ4n) is 2.29. The molecule has 0 N–H and O–H groups in total. The van der Waals surface area contributed by atoms with Crippen molar-refractivity contribution in [2.45, 2.75) is 12.8 Å².